The number of amides is 1. The third kappa shape index (κ3) is 6.04. The SMILES string of the molecule is COc1ccc(C(=O)NCc2ccc(F)cc2)cc1S(=O)(=O)NCc1ccc(Cl)cc1. The molecule has 9 heteroatoms. The Morgan fingerprint density at radius 1 is 0.968 bits per heavy atom. The highest BCUT2D eigenvalue weighted by Crippen LogP contribution is 2.25. The molecular weight excluding hydrogens is 443 g/mol. The first-order chi connectivity index (χ1) is 14.8. The van der Waals surface area contributed by atoms with Gasteiger partial charge in [-0.3, -0.25) is 4.79 Å². The van der Waals surface area contributed by atoms with E-state index in [1.54, 1.807) is 36.4 Å². The zero-order valence-electron chi connectivity index (χ0n) is 16.6. The molecule has 162 valence electrons. The van der Waals surface area contributed by atoms with Crippen LogP contribution in [0.25, 0.3) is 0 Å². The van der Waals surface area contributed by atoms with E-state index in [0.717, 1.165) is 5.56 Å². The van der Waals surface area contributed by atoms with Crippen LogP contribution in [0.4, 0.5) is 4.39 Å². The summed E-state index contributed by atoms with van der Waals surface area (Å²) in [5.74, 6) is -0.731. The maximum absolute atomic E-state index is 13.0. The van der Waals surface area contributed by atoms with E-state index in [4.69, 9.17) is 16.3 Å². The first-order valence-corrected chi connectivity index (χ1v) is 11.1. The second-order valence-corrected chi connectivity index (χ2v) is 8.80. The largest absolute Gasteiger partial charge is 0.495 e. The van der Waals surface area contributed by atoms with E-state index in [1.807, 2.05) is 0 Å². The first-order valence-electron chi connectivity index (χ1n) is 9.23. The van der Waals surface area contributed by atoms with E-state index in [9.17, 15) is 17.6 Å². The predicted molar refractivity (Wildman–Crippen MR) is 116 cm³/mol. The number of nitrogens with one attached hydrogen (secondary N) is 2. The number of carbonyl (C=O) groups is 1. The minimum atomic E-state index is -3.97. The molecule has 0 spiro atoms. The number of sulfonamides is 1. The molecule has 31 heavy (non-hydrogen) atoms. The molecule has 0 saturated heterocycles. The van der Waals surface area contributed by atoms with Crippen molar-refractivity contribution < 1.29 is 22.3 Å². The monoisotopic (exact) mass is 462 g/mol. The second kappa shape index (κ2) is 9.91. The highest BCUT2D eigenvalue weighted by molar-refractivity contribution is 7.89. The van der Waals surface area contributed by atoms with Crippen LogP contribution in [-0.2, 0) is 23.1 Å². The predicted octanol–water partition coefficient (Wildman–Crippen LogP) is 3.90. The summed E-state index contributed by atoms with van der Waals surface area (Å²) in [4.78, 5) is 12.4. The van der Waals surface area contributed by atoms with Crippen molar-refractivity contribution in [1.82, 2.24) is 10.0 Å². The maximum Gasteiger partial charge on any atom is 0.251 e. The lowest BCUT2D eigenvalue weighted by molar-refractivity contribution is 0.0950. The third-order valence-corrected chi connectivity index (χ3v) is 6.14. The van der Waals surface area contributed by atoms with Gasteiger partial charge in [0.1, 0.15) is 16.5 Å². The smallest absolute Gasteiger partial charge is 0.251 e. The van der Waals surface area contributed by atoms with Crippen molar-refractivity contribution in [3.63, 3.8) is 0 Å². The molecule has 0 aromatic heterocycles. The number of benzene rings is 3. The molecule has 0 radical (unpaired) electrons. The molecule has 3 aromatic carbocycles. The molecule has 6 nitrogen and oxygen atoms in total. The minimum absolute atomic E-state index is 0.0453. The molecule has 2 N–H and O–H groups in total. The Hall–Kier alpha value is -2.94. The lowest BCUT2D eigenvalue weighted by Crippen LogP contribution is -2.26. The van der Waals surface area contributed by atoms with E-state index >= 15 is 0 Å². The van der Waals surface area contributed by atoms with Crippen LogP contribution in [0, 0.1) is 5.82 Å². The molecule has 3 aromatic rings. The lowest BCUT2D eigenvalue weighted by atomic mass is 10.2. The number of halogens is 2. The first kappa shape index (κ1) is 22.7. The molecule has 0 heterocycles. The van der Waals surface area contributed by atoms with Crippen LogP contribution >= 0.6 is 11.6 Å². The van der Waals surface area contributed by atoms with E-state index < -0.39 is 15.9 Å². The number of ether oxygens (including phenoxy) is 1. The molecule has 0 fully saturated rings. The van der Waals surface area contributed by atoms with Gasteiger partial charge in [-0.05, 0) is 53.6 Å². The standard InChI is InChI=1S/C22H20ClFN2O4S/c1-30-20-11-6-17(22(27)25-13-15-4-9-19(24)10-5-15)12-21(20)31(28,29)26-14-16-2-7-18(23)8-3-16/h2-12,26H,13-14H2,1H3,(H,25,27). The molecule has 0 aliphatic rings. The number of hydrogen-bond acceptors (Lipinski definition) is 4. The average Bonchev–Trinajstić information content (AvgIpc) is 2.77. The van der Waals surface area contributed by atoms with E-state index in [2.05, 4.69) is 10.0 Å². The Morgan fingerprint density at radius 2 is 1.58 bits per heavy atom. The van der Waals surface area contributed by atoms with Crippen molar-refractivity contribution in [3.05, 3.63) is 94.3 Å². The van der Waals surface area contributed by atoms with Gasteiger partial charge >= 0.3 is 0 Å². The third-order valence-electron chi connectivity index (χ3n) is 4.46. The number of hydrogen-bond donors (Lipinski definition) is 2. The summed E-state index contributed by atoms with van der Waals surface area (Å²) in [6, 6.07) is 16.6. The summed E-state index contributed by atoms with van der Waals surface area (Å²) >= 11 is 5.85. The lowest BCUT2D eigenvalue weighted by Gasteiger charge is -2.13. The van der Waals surface area contributed by atoms with Crippen LogP contribution in [-0.4, -0.2) is 21.4 Å². The van der Waals surface area contributed by atoms with Crippen LogP contribution in [0.15, 0.2) is 71.6 Å². The maximum atomic E-state index is 13.0. The Bertz CT molecular complexity index is 1170. The number of rotatable bonds is 8. The van der Waals surface area contributed by atoms with Crippen molar-refractivity contribution >= 4 is 27.5 Å². The molecule has 0 aliphatic carbocycles. The fourth-order valence-corrected chi connectivity index (χ4v) is 4.11. The molecule has 0 unspecified atom stereocenters. The van der Waals surface area contributed by atoms with Gasteiger partial charge in [-0.1, -0.05) is 35.9 Å². The Kier molecular flexibility index (Phi) is 7.27. The van der Waals surface area contributed by atoms with Gasteiger partial charge in [0.05, 0.1) is 7.11 Å². The summed E-state index contributed by atoms with van der Waals surface area (Å²) < 4.78 is 46.4. The topological polar surface area (TPSA) is 84.5 Å². The van der Waals surface area contributed by atoms with Crippen molar-refractivity contribution in [3.8, 4) is 5.75 Å². The Labute approximate surface area is 185 Å². The minimum Gasteiger partial charge on any atom is -0.495 e. The molecule has 0 bridgehead atoms. The molecule has 1 amide bonds. The van der Waals surface area contributed by atoms with Crippen LogP contribution < -0.4 is 14.8 Å². The van der Waals surface area contributed by atoms with E-state index in [-0.39, 0.29) is 35.1 Å². The molecule has 3 rings (SSSR count). The fourth-order valence-electron chi connectivity index (χ4n) is 2.77. The van der Waals surface area contributed by atoms with Gasteiger partial charge in [-0.25, -0.2) is 17.5 Å². The van der Waals surface area contributed by atoms with Crippen molar-refractivity contribution in [2.75, 3.05) is 7.11 Å². The van der Waals surface area contributed by atoms with E-state index in [1.165, 1.54) is 37.4 Å². The van der Waals surface area contributed by atoms with Crippen molar-refractivity contribution in [1.29, 1.82) is 0 Å². The van der Waals surface area contributed by atoms with Gasteiger partial charge in [0.25, 0.3) is 5.91 Å². The highest BCUT2D eigenvalue weighted by Gasteiger charge is 2.21. The summed E-state index contributed by atoms with van der Waals surface area (Å²) in [7, 11) is -2.62. The number of carbonyl (C=O) groups excluding carboxylic acids is 1. The fraction of sp³-hybridized carbons (Fsp3) is 0.136. The van der Waals surface area contributed by atoms with Crippen molar-refractivity contribution in [2.24, 2.45) is 0 Å². The van der Waals surface area contributed by atoms with Crippen LogP contribution in [0.1, 0.15) is 21.5 Å². The number of methoxy groups -OCH3 is 1. The van der Waals surface area contributed by atoms with Gasteiger partial charge in [0.2, 0.25) is 10.0 Å². The zero-order chi connectivity index (χ0) is 22.4. The normalized spacial score (nSPS) is 11.2. The Morgan fingerprint density at radius 3 is 2.23 bits per heavy atom. The van der Waals surface area contributed by atoms with E-state index in [0.29, 0.717) is 10.6 Å². The summed E-state index contributed by atoms with van der Waals surface area (Å²) in [6.07, 6.45) is 0. The van der Waals surface area contributed by atoms with Crippen molar-refractivity contribution in [2.45, 2.75) is 18.0 Å². The van der Waals surface area contributed by atoms with Gasteiger partial charge < -0.3 is 10.1 Å². The second-order valence-electron chi connectivity index (χ2n) is 6.63. The van der Waals surface area contributed by atoms with Crippen LogP contribution in [0.3, 0.4) is 0 Å². The molecule has 0 saturated carbocycles. The zero-order valence-corrected chi connectivity index (χ0v) is 18.1. The summed E-state index contributed by atoms with van der Waals surface area (Å²) in [5.41, 5.74) is 1.58. The Balaban J connectivity index is 1.76. The average molecular weight is 463 g/mol. The molecule has 0 aliphatic heterocycles. The van der Waals surface area contributed by atoms with Crippen LogP contribution in [0.2, 0.25) is 5.02 Å². The molecular formula is C22H20ClFN2O4S. The molecule has 0 atom stereocenters. The quantitative estimate of drug-likeness (QED) is 0.531. The van der Waals surface area contributed by atoms with Gasteiger partial charge in [0, 0.05) is 23.7 Å². The van der Waals surface area contributed by atoms with Gasteiger partial charge in [-0.2, -0.15) is 0 Å². The van der Waals surface area contributed by atoms with Crippen LogP contribution in [0.5, 0.6) is 5.75 Å². The highest BCUT2D eigenvalue weighted by atomic mass is 35.5. The van der Waals surface area contributed by atoms with Gasteiger partial charge in [-0.15, -0.1) is 0 Å². The van der Waals surface area contributed by atoms with Gasteiger partial charge in [0.15, 0.2) is 0 Å². The summed E-state index contributed by atoms with van der Waals surface area (Å²) in [6.45, 7) is 0.214. The summed E-state index contributed by atoms with van der Waals surface area (Å²) in [5, 5.41) is 3.23.